The third kappa shape index (κ3) is 1.33. The molecule has 2 heterocycles. The van der Waals surface area contributed by atoms with E-state index in [4.69, 9.17) is 0 Å². The van der Waals surface area contributed by atoms with E-state index in [0.717, 1.165) is 16.1 Å². The lowest BCUT2D eigenvalue weighted by atomic mass is 10.2. The van der Waals surface area contributed by atoms with Crippen molar-refractivity contribution >= 4 is 21.6 Å². The summed E-state index contributed by atoms with van der Waals surface area (Å²) in [6.45, 7) is 4.18. The molecule has 0 radical (unpaired) electrons. The van der Waals surface area contributed by atoms with E-state index in [1.165, 1.54) is 0 Å². The minimum absolute atomic E-state index is 0.365. The minimum Gasteiger partial charge on any atom is -0.282 e. The average molecular weight is 241 g/mol. The van der Waals surface area contributed by atoms with Crippen LogP contribution in [0.3, 0.4) is 0 Å². The molecule has 0 amide bonds. The van der Waals surface area contributed by atoms with Crippen molar-refractivity contribution in [2.45, 2.75) is 19.8 Å². The Morgan fingerprint density at radius 2 is 2.15 bits per heavy atom. The first-order valence-electron chi connectivity index (χ1n) is 4.05. The zero-order valence-electron chi connectivity index (χ0n) is 7.40. The molecule has 0 N–H and O–H groups in total. The van der Waals surface area contributed by atoms with Gasteiger partial charge in [-0.1, -0.05) is 13.8 Å². The van der Waals surface area contributed by atoms with E-state index in [0.29, 0.717) is 5.92 Å². The molecule has 0 aliphatic rings. The van der Waals surface area contributed by atoms with Crippen LogP contribution in [0.1, 0.15) is 25.6 Å². The van der Waals surface area contributed by atoms with E-state index in [9.17, 15) is 0 Å². The Balaban J connectivity index is 2.75. The highest BCUT2D eigenvalue weighted by molar-refractivity contribution is 9.10. The van der Waals surface area contributed by atoms with Gasteiger partial charge in [-0.3, -0.25) is 4.40 Å². The molecule has 2 aromatic heterocycles. The lowest BCUT2D eigenvalue weighted by Crippen LogP contribution is -1.97. The summed E-state index contributed by atoms with van der Waals surface area (Å²) in [5.41, 5.74) is 0.770. The zero-order chi connectivity index (χ0) is 9.42. The molecular weight excluding hydrogens is 232 g/mol. The molecule has 13 heavy (non-hydrogen) atoms. The standard InChI is InChI=1S/C8H9BrN4/c1-5(2)7-11-12-8-6(9)10-3-4-13(7)8/h3-5H,1-2H3. The van der Waals surface area contributed by atoms with Crippen LogP contribution >= 0.6 is 15.9 Å². The number of fused-ring (bicyclic) bond motifs is 1. The third-order valence-corrected chi connectivity index (χ3v) is 2.39. The Bertz CT molecular complexity index is 435. The van der Waals surface area contributed by atoms with Gasteiger partial charge in [0.15, 0.2) is 10.3 Å². The number of nitrogens with zero attached hydrogens (tertiary/aromatic N) is 4. The summed E-state index contributed by atoms with van der Waals surface area (Å²) >= 11 is 3.32. The quantitative estimate of drug-likeness (QED) is 0.766. The maximum Gasteiger partial charge on any atom is 0.193 e. The predicted molar refractivity (Wildman–Crippen MR) is 52.6 cm³/mol. The molecule has 0 aromatic carbocycles. The van der Waals surface area contributed by atoms with E-state index in [-0.39, 0.29) is 0 Å². The van der Waals surface area contributed by atoms with Crippen LogP contribution in [0.5, 0.6) is 0 Å². The summed E-state index contributed by atoms with van der Waals surface area (Å²) in [7, 11) is 0. The first-order chi connectivity index (χ1) is 6.20. The fourth-order valence-corrected chi connectivity index (χ4v) is 1.60. The lowest BCUT2D eigenvalue weighted by molar-refractivity contribution is 0.758. The first-order valence-corrected chi connectivity index (χ1v) is 4.84. The molecule has 5 heteroatoms. The summed E-state index contributed by atoms with van der Waals surface area (Å²) in [4.78, 5) is 4.07. The Labute approximate surface area is 84.1 Å². The Kier molecular flexibility index (Phi) is 2.03. The fourth-order valence-electron chi connectivity index (χ4n) is 1.21. The molecule has 0 bridgehead atoms. The van der Waals surface area contributed by atoms with Gasteiger partial charge in [0.2, 0.25) is 0 Å². The molecule has 0 spiro atoms. The molecule has 0 aliphatic heterocycles. The smallest absolute Gasteiger partial charge is 0.193 e. The van der Waals surface area contributed by atoms with Crippen molar-refractivity contribution in [2.75, 3.05) is 0 Å². The van der Waals surface area contributed by atoms with Gasteiger partial charge in [-0.2, -0.15) is 0 Å². The Hall–Kier alpha value is -0.970. The number of hydrogen-bond donors (Lipinski definition) is 0. The van der Waals surface area contributed by atoms with Crippen molar-refractivity contribution in [1.29, 1.82) is 0 Å². The van der Waals surface area contributed by atoms with Gasteiger partial charge in [0.05, 0.1) is 0 Å². The van der Waals surface area contributed by atoms with Gasteiger partial charge < -0.3 is 0 Å². The van der Waals surface area contributed by atoms with E-state index in [2.05, 4.69) is 45.0 Å². The van der Waals surface area contributed by atoms with Crippen LogP contribution in [-0.4, -0.2) is 19.6 Å². The van der Waals surface area contributed by atoms with E-state index >= 15 is 0 Å². The van der Waals surface area contributed by atoms with Crippen molar-refractivity contribution in [1.82, 2.24) is 19.6 Å². The minimum atomic E-state index is 0.365. The Morgan fingerprint density at radius 3 is 2.85 bits per heavy atom. The monoisotopic (exact) mass is 240 g/mol. The SMILES string of the molecule is CC(C)c1nnc2c(Br)nccn12. The highest BCUT2D eigenvalue weighted by Crippen LogP contribution is 2.17. The van der Waals surface area contributed by atoms with Gasteiger partial charge in [-0.25, -0.2) is 4.98 Å². The summed E-state index contributed by atoms with van der Waals surface area (Å²) in [6.07, 6.45) is 3.60. The Morgan fingerprint density at radius 1 is 1.38 bits per heavy atom. The molecule has 0 atom stereocenters. The van der Waals surface area contributed by atoms with E-state index in [1.54, 1.807) is 6.20 Å². The number of halogens is 1. The summed E-state index contributed by atoms with van der Waals surface area (Å²) < 4.78 is 2.68. The molecule has 4 nitrogen and oxygen atoms in total. The van der Waals surface area contributed by atoms with Gasteiger partial charge >= 0.3 is 0 Å². The van der Waals surface area contributed by atoms with Gasteiger partial charge in [-0.15, -0.1) is 10.2 Å². The molecule has 68 valence electrons. The van der Waals surface area contributed by atoms with E-state index in [1.807, 2.05) is 10.6 Å². The maximum absolute atomic E-state index is 4.10. The highest BCUT2D eigenvalue weighted by atomic mass is 79.9. The second-order valence-corrected chi connectivity index (χ2v) is 3.88. The van der Waals surface area contributed by atoms with Crippen molar-refractivity contribution in [3.05, 3.63) is 22.8 Å². The summed E-state index contributed by atoms with van der Waals surface area (Å²) in [6, 6.07) is 0. The zero-order valence-corrected chi connectivity index (χ0v) is 8.98. The molecule has 0 saturated carbocycles. The van der Waals surface area contributed by atoms with Gasteiger partial charge in [0.1, 0.15) is 5.82 Å². The van der Waals surface area contributed by atoms with Crippen LogP contribution in [0, 0.1) is 0 Å². The second kappa shape index (κ2) is 3.06. The molecule has 0 fully saturated rings. The molecule has 0 unspecified atom stereocenters. The maximum atomic E-state index is 4.10. The van der Waals surface area contributed by atoms with Crippen molar-refractivity contribution < 1.29 is 0 Å². The topological polar surface area (TPSA) is 43.1 Å². The summed E-state index contributed by atoms with van der Waals surface area (Å²) in [5, 5.41) is 8.14. The molecule has 0 saturated heterocycles. The van der Waals surface area contributed by atoms with Crippen molar-refractivity contribution in [3.63, 3.8) is 0 Å². The highest BCUT2D eigenvalue weighted by Gasteiger charge is 2.10. The fraction of sp³-hybridized carbons (Fsp3) is 0.375. The van der Waals surface area contributed by atoms with Gasteiger partial charge in [-0.05, 0) is 15.9 Å². The molecule has 2 aromatic rings. The van der Waals surface area contributed by atoms with Crippen molar-refractivity contribution in [3.8, 4) is 0 Å². The number of aromatic nitrogens is 4. The van der Waals surface area contributed by atoms with Crippen LogP contribution in [-0.2, 0) is 0 Å². The van der Waals surface area contributed by atoms with Crippen LogP contribution in [0.25, 0.3) is 5.65 Å². The first kappa shape index (κ1) is 8.62. The number of rotatable bonds is 1. The van der Waals surface area contributed by atoms with E-state index < -0.39 is 0 Å². The van der Waals surface area contributed by atoms with Crippen LogP contribution in [0.4, 0.5) is 0 Å². The molecule has 0 aliphatic carbocycles. The largest absolute Gasteiger partial charge is 0.282 e. The predicted octanol–water partition coefficient (Wildman–Crippen LogP) is 2.01. The van der Waals surface area contributed by atoms with Crippen LogP contribution in [0.2, 0.25) is 0 Å². The van der Waals surface area contributed by atoms with Crippen LogP contribution in [0.15, 0.2) is 17.0 Å². The molecule has 2 rings (SSSR count). The van der Waals surface area contributed by atoms with Crippen molar-refractivity contribution in [2.24, 2.45) is 0 Å². The lowest BCUT2D eigenvalue weighted by Gasteiger charge is -2.01. The van der Waals surface area contributed by atoms with Gasteiger partial charge in [0.25, 0.3) is 0 Å². The molecular formula is C8H9BrN4. The van der Waals surface area contributed by atoms with Gasteiger partial charge in [0, 0.05) is 18.3 Å². The second-order valence-electron chi connectivity index (χ2n) is 3.12. The third-order valence-electron chi connectivity index (χ3n) is 1.83. The normalized spacial score (nSPS) is 11.4. The average Bonchev–Trinajstić information content (AvgIpc) is 2.48. The number of hydrogen-bond acceptors (Lipinski definition) is 3. The summed E-state index contributed by atoms with van der Waals surface area (Å²) in [5.74, 6) is 1.32. The van der Waals surface area contributed by atoms with Crippen LogP contribution < -0.4 is 0 Å².